The number of rotatable bonds is 2. The van der Waals surface area contributed by atoms with Crippen LogP contribution in [-0.2, 0) is 6.42 Å². The minimum atomic E-state index is 0.793. The lowest BCUT2D eigenvalue weighted by molar-refractivity contribution is 0.456. The van der Waals surface area contributed by atoms with Gasteiger partial charge in [-0.05, 0) is 37.6 Å². The lowest BCUT2D eigenvalue weighted by Crippen LogP contribution is -2.10. The van der Waals surface area contributed by atoms with Crippen LogP contribution in [-0.4, -0.2) is 13.1 Å². The van der Waals surface area contributed by atoms with Crippen molar-refractivity contribution in [2.75, 3.05) is 13.1 Å². The van der Waals surface area contributed by atoms with E-state index in [1.54, 1.807) is 6.26 Å². The first-order valence-electron chi connectivity index (χ1n) is 4.18. The van der Waals surface area contributed by atoms with Crippen LogP contribution in [0, 0.1) is 5.92 Å². The number of hydrogen-bond donors (Lipinski definition) is 1. The van der Waals surface area contributed by atoms with Gasteiger partial charge in [0.05, 0.1) is 6.26 Å². The Hall–Kier alpha value is -0.760. The van der Waals surface area contributed by atoms with Gasteiger partial charge in [0.25, 0.3) is 0 Å². The molecule has 1 aliphatic heterocycles. The second kappa shape index (κ2) is 3.09. The summed E-state index contributed by atoms with van der Waals surface area (Å²) in [7, 11) is 0. The molecule has 1 saturated heterocycles. The molecular formula is C9H13NO. The van der Waals surface area contributed by atoms with Crippen molar-refractivity contribution in [2.45, 2.75) is 12.8 Å². The SMILES string of the molecule is c1coc(C[C@@H]2CCNC2)c1. The summed E-state index contributed by atoms with van der Waals surface area (Å²) in [6.07, 6.45) is 4.14. The molecule has 0 aliphatic carbocycles. The van der Waals surface area contributed by atoms with Crippen molar-refractivity contribution in [3.63, 3.8) is 0 Å². The van der Waals surface area contributed by atoms with Crippen LogP contribution < -0.4 is 5.32 Å². The van der Waals surface area contributed by atoms with Gasteiger partial charge < -0.3 is 9.73 Å². The molecule has 1 aromatic heterocycles. The third kappa shape index (κ3) is 1.63. The van der Waals surface area contributed by atoms with Crippen molar-refractivity contribution in [2.24, 2.45) is 5.92 Å². The molecule has 0 amide bonds. The zero-order valence-corrected chi connectivity index (χ0v) is 6.55. The summed E-state index contributed by atoms with van der Waals surface area (Å²) in [6.45, 7) is 2.33. The highest BCUT2D eigenvalue weighted by Crippen LogP contribution is 2.14. The predicted octanol–water partition coefficient (Wildman–Crippen LogP) is 1.43. The van der Waals surface area contributed by atoms with E-state index in [0.717, 1.165) is 24.6 Å². The highest BCUT2D eigenvalue weighted by Gasteiger charge is 2.15. The Labute approximate surface area is 66.6 Å². The van der Waals surface area contributed by atoms with E-state index in [1.165, 1.54) is 13.0 Å². The van der Waals surface area contributed by atoms with Crippen molar-refractivity contribution >= 4 is 0 Å². The van der Waals surface area contributed by atoms with Gasteiger partial charge in [-0.3, -0.25) is 0 Å². The Morgan fingerprint density at radius 1 is 1.64 bits per heavy atom. The van der Waals surface area contributed by atoms with Crippen LogP contribution in [0.5, 0.6) is 0 Å². The van der Waals surface area contributed by atoms with Gasteiger partial charge in [0, 0.05) is 6.42 Å². The molecular weight excluding hydrogens is 138 g/mol. The quantitative estimate of drug-likeness (QED) is 0.691. The smallest absolute Gasteiger partial charge is 0.104 e. The fourth-order valence-corrected chi connectivity index (χ4v) is 1.60. The largest absolute Gasteiger partial charge is 0.469 e. The number of nitrogens with one attached hydrogen (secondary N) is 1. The summed E-state index contributed by atoms with van der Waals surface area (Å²) in [5.41, 5.74) is 0. The molecule has 1 aromatic rings. The molecule has 0 spiro atoms. The first-order chi connectivity index (χ1) is 5.45. The maximum Gasteiger partial charge on any atom is 0.104 e. The van der Waals surface area contributed by atoms with Gasteiger partial charge >= 0.3 is 0 Å². The van der Waals surface area contributed by atoms with Crippen LogP contribution in [0.15, 0.2) is 22.8 Å². The molecule has 0 unspecified atom stereocenters. The minimum Gasteiger partial charge on any atom is -0.469 e. The lowest BCUT2D eigenvalue weighted by Gasteiger charge is -2.03. The molecule has 1 N–H and O–H groups in total. The molecule has 1 aliphatic rings. The second-order valence-corrected chi connectivity index (χ2v) is 3.14. The molecule has 2 rings (SSSR count). The van der Waals surface area contributed by atoms with Gasteiger partial charge in [-0.15, -0.1) is 0 Å². The van der Waals surface area contributed by atoms with Gasteiger partial charge in [0.1, 0.15) is 5.76 Å². The fraction of sp³-hybridized carbons (Fsp3) is 0.556. The van der Waals surface area contributed by atoms with E-state index >= 15 is 0 Å². The van der Waals surface area contributed by atoms with E-state index in [1.807, 2.05) is 6.07 Å². The number of hydrogen-bond acceptors (Lipinski definition) is 2. The minimum absolute atomic E-state index is 0.793. The Balaban J connectivity index is 1.90. The maximum absolute atomic E-state index is 5.27. The van der Waals surface area contributed by atoms with Gasteiger partial charge in [0.15, 0.2) is 0 Å². The zero-order chi connectivity index (χ0) is 7.52. The van der Waals surface area contributed by atoms with Gasteiger partial charge in [-0.25, -0.2) is 0 Å². The van der Waals surface area contributed by atoms with Crippen LogP contribution >= 0.6 is 0 Å². The molecule has 0 bridgehead atoms. The van der Waals surface area contributed by atoms with E-state index < -0.39 is 0 Å². The molecule has 1 fully saturated rings. The lowest BCUT2D eigenvalue weighted by atomic mass is 10.0. The van der Waals surface area contributed by atoms with E-state index in [9.17, 15) is 0 Å². The molecule has 0 saturated carbocycles. The van der Waals surface area contributed by atoms with Gasteiger partial charge in [-0.2, -0.15) is 0 Å². The molecule has 11 heavy (non-hydrogen) atoms. The summed E-state index contributed by atoms with van der Waals surface area (Å²) < 4.78 is 5.27. The maximum atomic E-state index is 5.27. The van der Waals surface area contributed by atoms with E-state index in [0.29, 0.717) is 0 Å². The monoisotopic (exact) mass is 151 g/mol. The molecule has 60 valence electrons. The molecule has 0 aromatic carbocycles. The molecule has 0 radical (unpaired) electrons. The molecule has 2 heteroatoms. The van der Waals surface area contributed by atoms with Gasteiger partial charge in [-0.1, -0.05) is 0 Å². The summed E-state index contributed by atoms with van der Waals surface area (Å²) >= 11 is 0. The average Bonchev–Trinajstić information content (AvgIpc) is 2.60. The Morgan fingerprint density at radius 2 is 2.64 bits per heavy atom. The van der Waals surface area contributed by atoms with Gasteiger partial charge in [0.2, 0.25) is 0 Å². The molecule has 1 atom stereocenters. The summed E-state index contributed by atoms with van der Waals surface area (Å²) in [5, 5.41) is 3.34. The highest BCUT2D eigenvalue weighted by atomic mass is 16.3. The van der Waals surface area contributed by atoms with E-state index in [4.69, 9.17) is 4.42 Å². The van der Waals surface area contributed by atoms with Crippen molar-refractivity contribution in [3.8, 4) is 0 Å². The summed E-state index contributed by atoms with van der Waals surface area (Å²) in [6, 6.07) is 4.01. The Kier molecular flexibility index (Phi) is 1.95. The van der Waals surface area contributed by atoms with Crippen LogP contribution in [0.2, 0.25) is 0 Å². The van der Waals surface area contributed by atoms with E-state index in [2.05, 4.69) is 11.4 Å². The fourth-order valence-electron chi connectivity index (χ4n) is 1.60. The first-order valence-corrected chi connectivity index (χ1v) is 4.18. The topological polar surface area (TPSA) is 25.2 Å². The second-order valence-electron chi connectivity index (χ2n) is 3.14. The van der Waals surface area contributed by atoms with E-state index in [-0.39, 0.29) is 0 Å². The standard InChI is InChI=1S/C9H13NO/c1-2-9(11-5-1)6-8-3-4-10-7-8/h1-2,5,8,10H,3-4,6-7H2/t8-/m0/s1. The zero-order valence-electron chi connectivity index (χ0n) is 6.55. The third-order valence-corrected chi connectivity index (χ3v) is 2.23. The Morgan fingerprint density at radius 3 is 3.27 bits per heavy atom. The highest BCUT2D eigenvalue weighted by molar-refractivity contribution is 5.00. The number of furan rings is 1. The molecule has 2 nitrogen and oxygen atoms in total. The van der Waals surface area contributed by atoms with Crippen LogP contribution in [0.25, 0.3) is 0 Å². The van der Waals surface area contributed by atoms with Crippen molar-refractivity contribution < 1.29 is 4.42 Å². The third-order valence-electron chi connectivity index (χ3n) is 2.23. The van der Waals surface area contributed by atoms with Crippen molar-refractivity contribution in [1.29, 1.82) is 0 Å². The first kappa shape index (κ1) is 6.92. The summed E-state index contributed by atoms with van der Waals surface area (Å²) in [5.74, 6) is 1.92. The Bertz CT molecular complexity index is 199. The predicted molar refractivity (Wildman–Crippen MR) is 43.4 cm³/mol. The van der Waals surface area contributed by atoms with Crippen LogP contribution in [0.1, 0.15) is 12.2 Å². The normalized spacial score (nSPS) is 24.2. The van der Waals surface area contributed by atoms with Crippen molar-refractivity contribution in [3.05, 3.63) is 24.2 Å². The van der Waals surface area contributed by atoms with Crippen LogP contribution in [0.3, 0.4) is 0 Å². The van der Waals surface area contributed by atoms with Crippen LogP contribution in [0.4, 0.5) is 0 Å². The summed E-state index contributed by atoms with van der Waals surface area (Å²) in [4.78, 5) is 0. The molecule has 2 heterocycles. The van der Waals surface area contributed by atoms with Crippen molar-refractivity contribution in [1.82, 2.24) is 5.32 Å². The average molecular weight is 151 g/mol.